The number of piperidine rings is 1. The molecule has 3 heterocycles. The number of hydrogen-bond donors (Lipinski definition) is 0. The van der Waals surface area contributed by atoms with E-state index in [-0.39, 0.29) is 17.2 Å². The largest absolute Gasteiger partial charge is 0.344 e. The van der Waals surface area contributed by atoms with Gasteiger partial charge in [-0.05, 0) is 48.9 Å². The minimum absolute atomic E-state index is 0.139. The maximum absolute atomic E-state index is 12.7. The van der Waals surface area contributed by atoms with Gasteiger partial charge >= 0.3 is 6.03 Å². The smallest absolute Gasteiger partial charge is 0.323 e. The van der Waals surface area contributed by atoms with Crippen LogP contribution in [0.1, 0.15) is 42.2 Å². The molecule has 0 atom stereocenters. The van der Waals surface area contributed by atoms with E-state index in [1.165, 1.54) is 11.6 Å². The van der Waals surface area contributed by atoms with Gasteiger partial charge in [-0.15, -0.1) is 0 Å². The molecule has 8 heteroatoms. The van der Waals surface area contributed by atoms with Crippen molar-refractivity contribution in [2.24, 2.45) is 5.41 Å². The van der Waals surface area contributed by atoms with Crippen LogP contribution in [0.15, 0.2) is 30.5 Å². The fourth-order valence-corrected chi connectivity index (χ4v) is 4.80. The third-order valence-corrected chi connectivity index (χ3v) is 7.04. The predicted molar refractivity (Wildman–Crippen MR) is 113 cm³/mol. The number of nitrogens with zero attached hydrogens (tertiary/aromatic N) is 4. The van der Waals surface area contributed by atoms with Crippen LogP contribution in [0.4, 0.5) is 4.79 Å². The number of rotatable bonds is 3. The van der Waals surface area contributed by atoms with E-state index in [1.807, 2.05) is 23.1 Å². The van der Waals surface area contributed by atoms with Gasteiger partial charge in [-0.25, -0.2) is 4.79 Å². The summed E-state index contributed by atoms with van der Waals surface area (Å²) in [4.78, 5) is 28.4. The van der Waals surface area contributed by atoms with Gasteiger partial charge in [0.2, 0.25) is 0 Å². The summed E-state index contributed by atoms with van der Waals surface area (Å²) in [6.07, 6.45) is 4.64. The van der Waals surface area contributed by atoms with Gasteiger partial charge in [0.25, 0.3) is 0 Å². The molecule has 1 amide bonds. The summed E-state index contributed by atoms with van der Waals surface area (Å²) in [6.45, 7) is 5.70. The molecule has 1 aromatic carbocycles. The molecule has 4 rings (SSSR count). The summed E-state index contributed by atoms with van der Waals surface area (Å²) in [6, 6.07) is 7.20. The monoisotopic (exact) mass is 434 g/mol. The van der Waals surface area contributed by atoms with Crippen LogP contribution in [0.2, 0.25) is 10.0 Å². The van der Waals surface area contributed by atoms with E-state index in [0.29, 0.717) is 28.8 Å². The van der Waals surface area contributed by atoms with Crippen LogP contribution in [0.25, 0.3) is 0 Å². The molecular formula is C21H24Cl2N4O2. The molecule has 2 aliphatic heterocycles. The lowest BCUT2D eigenvalue weighted by atomic mass is 9.78. The average Bonchev–Trinajstić information content (AvgIpc) is 3.34. The highest BCUT2D eigenvalue weighted by atomic mass is 35.5. The zero-order chi connectivity index (χ0) is 20.6. The SMILES string of the molecule is CC(=O)c1ccn(C(=O)N2CCC3(CCN(Cc4cccc(Cl)c4Cl)C3)CC2)n1. The Balaban J connectivity index is 1.35. The lowest BCUT2D eigenvalue weighted by Gasteiger charge is -2.39. The summed E-state index contributed by atoms with van der Waals surface area (Å²) < 4.78 is 1.27. The van der Waals surface area contributed by atoms with Gasteiger partial charge in [0.05, 0.1) is 10.0 Å². The lowest BCUT2D eigenvalue weighted by molar-refractivity contribution is 0.101. The lowest BCUT2D eigenvalue weighted by Crippen LogP contribution is -2.45. The second-order valence-corrected chi connectivity index (χ2v) is 8.93. The number of carbonyl (C=O) groups is 2. The van der Waals surface area contributed by atoms with Crippen molar-refractivity contribution in [3.05, 3.63) is 51.8 Å². The first-order chi connectivity index (χ1) is 13.9. The molecule has 0 N–H and O–H groups in total. The van der Waals surface area contributed by atoms with Gasteiger partial charge in [0.15, 0.2) is 5.78 Å². The van der Waals surface area contributed by atoms with Crippen LogP contribution in [-0.2, 0) is 6.54 Å². The number of Topliss-reactive ketones (excluding diaryl/α,β-unsaturated/α-hetero) is 1. The quantitative estimate of drug-likeness (QED) is 0.673. The fourth-order valence-electron chi connectivity index (χ4n) is 4.42. The number of hydrogen-bond acceptors (Lipinski definition) is 4. The molecule has 29 heavy (non-hydrogen) atoms. The zero-order valence-electron chi connectivity index (χ0n) is 16.4. The molecule has 154 valence electrons. The van der Waals surface area contributed by atoms with Crippen molar-refractivity contribution < 1.29 is 9.59 Å². The minimum atomic E-state index is -0.159. The number of carbonyl (C=O) groups excluding carboxylic acids is 2. The van der Waals surface area contributed by atoms with E-state index in [2.05, 4.69) is 10.00 Å². The van der Waals surface area contributed by atoms with E-state index in [4.69, 9.17) is 23.2 Å². The molecule has 0 aliphatic carbocycles. The molecule has 0 radical (unpaired) electrons. The van der Waals surface area contributed by atoms with Crippen molar-refractivity contribution in [2.75, 3.05) is 26.2 Å². The standard InChI is InChI=1S/C21H24Cl2N4O2/c1-15(28)18-5-9-27(24-18)20(29)26-11-7-21(8-12-26)6-10-25(14-21)13-16-3-2-4-17(22)19(16)23/h2-5,9H,6-8,10-14H2,1H3. The molecule has 2 aliphatic rings. The minimum Gasteiger partial charge on any atom is -0.323 e. The van der Waals surface area contributed by atoms with Gasteiger partial charge in [0, 0.05) is 39.3 Å². The fraction of sp³-hybridized carbons (Fsp3) is 0.476. The Morgan fingerprint density at radius 1 is 1.10 bits per heavy atom. The van der Waals surface area contributed by atoms with Crippen LogP contribution >= 0.6 is 23.2 Å². The van der Waals surface area contributed by atoms with E-state index < -0.39 is 0 Å². The predicted octanol–water partition coefficient (Wildman–Crippen LogP) is 4.35. The highest BCUT2D eigenvalue weighted by Crippen LogP contribution is 2.41. The second-order valence-electron chi connectivity index (χ2n) is 8.14. The Kier molecular flexibility index (Phi) is 5.69. The van der Waals surface area contributed by atoms with Crippen molar-refractivity contribution in [1.29, 1.82) is 0 Å². The summed E-state index contributed by atoms with van der Waals surface area (Å²) in [5.74, 6) is -0.139. The topological polar surface area (TPSA) is 58.4 Å². The van der Waals surface area contributed by atoms with Gasteiger partial charge in [-0.2, -0.15) is 9.78 Å². The number of aromatic nitrogens is 2. The Morgan fingerprint density at radius 3 is 2.52 bits per heavy atom. The first-order valence-corrected chi connectivity index (χ1v) is 10.6. The molecule has 0 saturated carbocycles. The maximum Gasteiger partial charge on any atom is 0.344 e. The number of halogens is 2. The van der Waals surface area contributed by atoms with Crippen molar-refractivity contribution in [1.82, 2.24) is 19.6 Å². The summed E-state index contributed by atoms with van der Waals surface area (Å²) in [5, 5.41) is 5.33. The normalized spacial score (nSPS) is 19.1. The van der Waals surface area contributed by atoms with Gasteiger partial charge in [-0.1, -0.05) is 35.3 Å². The highest BCUT2D eigenvalue weighted by Gasteiger charge is 2.41. The molecule has 0 unspecified atom stereocenters. The van der Waals surface area contributed by atoms with Crippen molar-refractivity contribution in [2.45, 2.75) is 32.7 Å². The van der Waals surface area contributed by atoms with Crippen molar-refractivity contribution >= 4 is 35.0 Å². The molecular weight excluding hydrogens is 411 g/mol. The second kappa shape index (κ2) is 8.09. The number of ketones is 1. The van der Waals surface area contributed by atoms with Crippen molar-refractivity contribution in [3.8, 4) is 0 Å². The molecule has 2 saturated heterocycles. The van der Waals surface area contributed by atoms with E-state index in [0.717, 1.165) is 44.5 Å². The van der Waals surface area contributed by atoms with Crippen LogP contribution < -0.4 is 0 Å². The molecule has 1 aromatic heterocycles. The van der Waals surface area contributed by atoms with E-state index >= 15 is 0 Å². The average molecular weight is 435 g/mol. The summed E-state index contributed by atoms with van der Waals surface area (Å²) in [7, 11) is 0. The summed E-state index contributed by atoms with van der Waals surface area (Å²) >= 11 is 12.5. The van der Waals surface area contributed by atoms with Crippen LogP contribution in [0.3, 0.4) is 0 Å². The first kappa shape index (κ1) is 20.4. The molecule has 2 fully saturated rings. The highest BCUT2D eigenvalue weighted by molar-refractivity contribution is 6.42. The van der Waals surface area contributed by atoms with Gasteiger partial charge in [-0.3, -0.25) is 9.69 Å². The number of benzene rings is 1. The van der Waals surface area contributed by atoms with E-state index in [1.54, 1.807) is 12.3 Å². The van der Waals surface area contributed by atoms with Gasteiger partial charge < -0.3 is 4.90 Å². The van der Waals surface area contributed by atoms with Crippen LogP contribution in [0, 0.1) is 5.41 Å². The summed E-state index contributed by atoms with van der Waals surface area (Å²) in [5.41, 5.74) is 1.62. The molecule has 0 bridgehead atoms. The number of likely N-dealkylation sites (tertiary alicyclic amines) is 2. The molecule has 1 spiro atoms. The maximum atomic E-state index is 12.7. The van der Waals surface area contributed by atoms with E-state index in [9.17, 15) is 9.59 Å². The Bertz CT molecular complexity index is 935. The van der Waals surface area contributed by atoms with Crippen LogP contribution in [0.5, 0.6) is 0 Å². The molecule has 2 aromatic rings. The third kappa shape index (κ3) is 4.20. The van der Waals surface area contributed by atoms with Gasteiger partial charge in [0.1, 0.15) is 5.69 Å². The Morgan fingerprint density at radius 2 is 1.83 bits per heavy atom. The first-order valence-electron chi connectivity index (χ1n) is 9.88. The Hall–Kier alpha value is -1.89. The Labute approximate surface area is 180 Å². The van der Waals surface area contributed by atoms with Crippen LogP contribution in [-0.4, -0.2) is 57.6 Å². The van der Waals surface area contributed by atoms with Crippen molar-refractivity contribution in [3.63, 3.8) is 0 Å². The number of amides is 1. The molecule has 6 nitrogen and oxygen atoms in total. The zero-order valence-corrected chi connectivity index (χ0v) is 17.9. The third-order valence-electron chi connectivity index (χ3n) is 6.18.